The van der Waals surface area contributed by atoms with Crippen LogP contribution in [0.15, 0.2) is 13.2 Å². The van der Waals surface area contributed by atoms with Crippen LogP contribution in [0.25, 0.3) is 35.3 Å². The maximum absolute atomic E-state index is 4.32. The molecule has 0 spiro atoms. The van der Waals surface area contributed by atoms with Gasteiger partial charge in [0.05, 0.1) is 11.2 Å². The van der Waals surface area contributed by atoms with E-state index in [1.807, 2.05) is 27.7 Å². The summed E-state index contributed by atoms with van der Waals surface area (Å²) in [7, 11) is 0. The van der Waals surface area contributed by atoms with Gasteiger partial charge in [-0.1, -0.05) is 66.0 Å². The largest absolute Gasteiger partial charge is 0.353 e. The zero-order chi connectivity index (χ0) is 16.7. The summed E-state index contributed by atoms with van der Waals surface area (Å²) in [6, 6.07) is 0. The molecule has 3 rings (SSSR count). The predicted molar refractivity (Wildman–Crippen MR) is 98.7 cm³/mol. The van der Waals surface area contributed by atoms with Gasteiger partial charge in [0.15, 0.2) is 0 Å². The molecular formula is C19H27N3. The summed E-state index contributed by atoms with van der Waals surface area (Å²) >= 11 is 0. The Hall–Kier alpha value is -2.16. The first-order valence-corrected chi connectivity index (χ1v) is 8.10. The highest BCUT2D eigenvalue weighted by atomic mass is 15.1. The molecule has 1 N–H and O–H groups in total. The van der Waals surface area contributed by atoms with Crippen LogP contribution in [-0.4, -0.2) is 15.2 Å². The lowest BCUT2D eigenvalue weighted by molar-refractivity contribution is 0.799. The molecule has 22 heavy (non-hydrogen) atoms. The van der Waals surface area contributed by atoms with E-state index in [2.05, 4.69) is 47.4 Å². The zero-order valence-electron chi connectivity index (χ0n) is 14.4. The topological polar surface area (TPSA) is 41.6 Å². The zero-order valence-corrected chi connectivity index (χ0v) is 14.4. The quantitative estimate of drug-likeness (QED) is 0.913. The average Bonchev–Trinajstić information content (AvgIpc) is 2.95. The Morgan fingerprint density at radius 1 is 1.14 bits per heavy atom. The summed E-state index contributed by atoms with van der Waals surface area (Å²) in [5.41, 5.74) is 3.66. The molecule has 1 aliphatic carbocycles. The van der Waals surface area contributed by atoms with Crippen molar-refractivity contribution in [1.82, 2.24) is 15.2 Å². The first-order valence-electron chi connectivity index (χ1n) is 8.10. The van der Waals surface area contributed by atoms with Gasteiger partial charge in [-0.3, -0.25) is 0 Å². The number of nitrogens with zero attached hydrogens (tertiary/aromatic N) is 2. The SMILES string of the molecule is C=Cc1nnc2c3c([nH]c2c1C=C)=CCC(C)C=3.CC.CC. The molecule has 3 heteroatoms. The van der Waals surface area contributed by atoms with E-state index in [4.69, 9.17) is 0 Å². The molecule has 1 unspecified atom stereocenters. The van der Waals surface area contributed by atoms with Crippen molar-refractivity contribution in [3.8, 4) is 0 Å². The molecule has 2 heterocycles. The third-order valence-corrected chi connectivity index (χ3v) is 3.39. The molecular weight excluding hydrogens is 270 g/mol. The van der Waals surface area contributed by atoms with E-state index >= 15 is 0 Å². The van der Waals surface area contributed by atoms with E-state index in [0.717, 1.165) is 39.3 Å². The Morgan fingerprint density at radius 3 is 2.41 bits per heavy atom. The number of aromatic amines is 1. The van der Waals surface area contributed by atoms with Crippen molar-refractivity contribution >= 4 is 35.3 Å². The molecule has 0 fully saturated rings. The summed E-state index contributed by atoms with van der Waals surface area (Å²) in [6.07, 6.45) is 9.05. The van der Waals surface area contributed by atoms with Gasteiger partial charge in [-0.25, -0.2) is 0 Å². The number of hydrogen-bond acceptors (Lipinski definition) is 2. The number of H-pyrrole nitrogens is 1. The van der Waals surface area contributed by atoms with Gasteiger partial charge in [-0.2, -0.15) is 0 Å². The molecule has 0 amide bonds. The van der Waals surface area contributed by atoms with E-state index in [9.17, 15) is 0 Å². The minimum atomic E-state index is 0.546. The second kappa shape index (κ2) is 8.32. The molecule has 0 saturated heterocycles. The van der Waals surface area contributed by atoms with Crippen LogP contribution < -0.4 is 10.6 Å². The molecule has 0 radical (unpaired) electrons. The highest BCUT2D eigenvalue weighted by molar-refractivity contribution is 5.88. The van der Waals surface area contributed by atoms with Gasteiger partial charge in [0.25, 0.3) is 0 Å². The second-order valence-electron chi connectivity index (χ2n) is 4.67. The number of rotatable bonds is 2. The van der Waals surface area contributed by atoms with Crippen LogP contribution >= 0.6 is 0 Å². The highest BCUT2D eigenvalue weighted by Crippen LogP contribution is 2.17. The summed E-state index contributed by atoms with van der Waals surface area (Å²) in [6.45, 7) is 17.8. The van der Waals surface area contributed by atoms with Gasteiger partial charge < -0.3 is 4.98 Å². The predicted octanol–water partition coefficient (Wildman–Crippen LogP) is 3.90. The van der Waals surface area contributed by atoms with Crippen LogP contribution in [0.4, 0.5) is 0 Å². The minimum Gasteiger partial charge on any atom is -0.353 e. The van der Waals surface area contributed by atoms with Crippen LogP contribution in [0, 0.1) is 5.92 Å². The maximum Gasteiger partial charge on any atom is 0.119 e. The van der Waals surface area contributed by atoms with E-state index in [1.165, 1.54) is 0 Å². The van der Waals surface area contributed by atoms with Crippen molar-refractivity contribution in [2.24, 2.45) is 5.92 Å². The van der Waals surface area contributed by atoms with Crippen LogP contribution in [0.3, 0.4) is 0 Å². The molecule has 0 aliphatic heterocycles. The van der Waals surface area contributed by atoms with Gasteiger partial charge >= 0.3 is 0 Å². The van der Waals surface area contributed by atoms with Gasteiger partial charge in [0.1, 0.15) is 5.52 Å². The van der Waals surface area contributed by atoms with Crippen molar-refractivity contribution in [2.75, 3.05) is 0 Å². The summed E-state index contributed by atoms with van der Waals surface area (Å²) in [4.78, 5) is 3.42. The first kappa shape index (κ1) is 17.9. The number of fused-ring (bicyclic) bond motifs is 3. The number of hydrogen-bond donors (Lipinski definition) is 1. The molecule has 2 aromatic heterocycles. The molecule has 3 nitrogen and oxygen atoms in total. The molecule has 0 aromatic carbocycles. The van der Waals surface area contributed by atoms with Gasteiger partial charge in [0, 0.05) is 16.1 Å². The summed E-state index contributed by atoms with van der Waals surface area (Å²) in [5.74, 6) is 0.546. The van der Waals surface area contributed by atoms with Crippen LogP contribution in [0.5, 0.6) is 0 Å². The van der Waals surface area contributed by atoms with Gasteiger partial charge in [0.2, 0.25) is 0 Å². The van der Waals surface area contributed by atoms with Gasteiger partial charge in [-0.05, 0) is 18.4 Å². The first-order chi connectivity index (χ1) is 10.7. The van der Waals surface area contributed by atoms with Crippen LogP contribution in [-0.2, 0) is 0 Å². The normalized spacial score (nSPS) is 15.0. The van der Waals surface area contributed by atoms with Crippen molar-refractivity contribution < 1.29 is 0 Å². The van der Waals surface area contributed by atoms with Crippen LogP contribution in [0.1, 0.15) is 52.3 Å². The number of aromatic nitrogens is 3. The van der Waals surface area contributed by atoms with Gasteiger partial charge in [-0.15, -0.1) is 10.2 Å². The fourth-order valence-corrected chi connectivity index (χ4v) is 2.45. The second-order valence-corrected chi connectivity index (χ2v) is 4.67. The monoisotopic (exact) mass is 297 g/mol. The smallest absolute Gasteiger partial charge is 0.119 e. The van der Waals surface area contributed by atoms with Crippen molar-refractivity contribution in [1.29, 1.82) is 0 Å². The van der Waals surface area contributed by atoms with E-state index in [0.29, 0.717) is 5.92 Å². The lowest BCUT2D eigenvalue weighted by Gasteiger charge is -2.03. The Balaban J connectivity index is 0.000000561. The third-order valence-electron chi connectivity index (χ3n) is 3.39. The summed E-state index contributed by atoms with van der Waals surface area (Å²) < 4.78 is 0. The van der Waals surface area contributed by atoms with E-state index in [1.54, 1.807) is 12.2 Å². The fourth-order valence-electron chi connectivity index (χ4n) is 2.45. The molecule has 118 valence electrons. The van der Waals surface area contributed by atoms with Crippen molar-refractivity contribution in [3.05, 3.63) is 35.0 Å². The third kappa shape index (κ3) is 3.19. The Bertz CT molecular complexity index is 766. The fraction of sp³-hybridized carbons (Fsp3) is 0.368. The highest BCUT2D eigenvalue weighted by Gasteiger charge is 2.12. The van der Waals surface area contributed by atoms with E-state index in [-0.39, 0.29) is 0 Å². The molecule has 0 bridgehead atoms. The van der Waals surface area contributed by atoms with Crippen LogP contribution in [0.2, 0.25) is 0 Å². The number of nitrogens with one attached hydrogen (secondary N) is 1. The Labute approximate surface area is 133 Å². The Kier molecular flexibility index (Phi) is 6.77. The molecule has 1 atom stereocenters. The standard InChI is InChI=1S/C15H15N3.2C2H6/c1-4-10-12(5-2)17-18-15-11-8-9(3)6-7-13(11)16-14(10)15;2*1-2/h4-5,7-9,16H,1-2,6H2,3H3;2*1-2H3. The minimum absolute atomic E-state index is 0.546. The lowest BCUT2D eigenvalue weighted by Crippen LogP contribution is -2.27. The molecule has 0 saturated carbocycles. The maximum atomic E-state index is 4.32. The van der Waals surface area contributed by atoms with Crippen molar-refractivity contribution in [2.45, 2.75) is 41.0 Å². The Morgan fingerprint density at radius 2 is 1.82 bits per heavy atom. The summed E-state index contributed by atoms with van der Waals surface area (Å²) in [5, 5.41) is 10.8. The average molecular weight is 297 g/mol. The van der Waals surface area contributed by atoms with E-state index < -0.39 is 0 Å². The van der Waals surface area contributed by atoms with Crippen molar-refractivity contribution in [3.63, 3.8) is 0 Å². The lowest BCUT2D eigenvalue weighted by atomic mass is 10.0. The molecule has 2 aromatic rings. The molecule has 1 aliphatic rings.